The van der Waals surface area contributed by atoms with Crippen LogP contribution in [0.5, 0.6) is 0 Å². The fourth-order valence-electron chi connectivity index (χ4n) is 2.90. The van der Waals surface area contributed by atoms with Gasteiger partial charge < -0.3 is 15.2 Å². The van der Waals surface area contributed by atoms with E-state index in [1.165, 1.54) is 24.6 Å². The van der Waals surface area contributed by atoms with Crippen molar-refractivity contribution in [3.63, 3.8) is 0 Å². The highest BCUT2D eigenvalue weighted by Gasteiger charge is 2.40. The molecular formula is C15H19NO3S. The number of thioether (sulfide) groups is 1. The van der Waals surface area contributed by atoms with E-state index in [0.29, 0.717) is 17.2 Å². The molecule has 1 aliphatic carbocycles. The fourth-order valence-corrected chi connectivity index (χ4v) is 3.51. The molecule has 1 aromatic rings. The number of hydrogen-bond donors (Lipinski definition) is 2. The number of carbonyl (C=O) groups is 1. The molecule has 2 fully saturated rings. The lowest BCUT2D eigenvalue weighted by molar-refractivity contribution is 0.0693. The second-order valence-electron chi connectivity index (χ2n) is 5.40. The van der Waals surface area contributed by atoms with Gasteiger partial charge in [-0.15, -0.1) is 11.8 Å². The van der Waals surface area contributed by atoms with Gasteiger partial charge in [0.15, 0.2) is 0 Å². The smallest absolute Gasteiger partial charge is 0.338 e. The third kappa shape index (κ3) is 2.65. The number of nitrogens with one attached hydrogen (secondary N) is 1. The Morgan fingerprint density at radius 3 is 2.85 bits per heavy atom. The molecule has 2 aliphatic rings. The van der Waals surface area contributed by atoms with E-state index in [9.17, 15) is 9.90 Å². The van der Waals surface area contributed by atoms with Crippen LogP contribution in [0.25, 0.3) is 0 Å². The zero-order valence-corrected chi connectivity index (χ0v) is 12.3. The highest BCUT2D eigenvalue weighted by atomic mass is 32.2. The van der Waals surface area contributed by atoms with Gasteiger partial charge in [-0.05, 0) is 43.6 Å². The first kappa shape index (κ1) is 13.8. The van der Waals surface area contributed by atoms with Gasteiger partial charge in [-0.2, -0.15) is 0 Å². The third-order valence-corrected chi connectivity index (χ3v) is 4.80. The Morgan fingerprint density at radius 1 is 1.40 bits per heavy atom. The predicted octanol–water partition coefficient (Wildman–Crippen LogP) is 3.09. The summed E-state index contributed by atoms with van der Waals surface area (Å²) < 4.78 is 5.80. The summed E-state index contributed by atoms with van der Waals surface area (Å²) in [7, 11) is 0. The maximum atomic E-state index is 11.5. The molecule has 0 aromatic heterocycles. The van der Waals surface area contributed by atoms with Crippen LogP contribution in [0, 0.1) is 5.92 Å². The van der Waals surface area contributed by atoms with E-state index >= 15 is 0 Å². The Bertz CT molecular complexity index is 516. The zero-order valence-electron chi connectivity index (χ0n) is 11.5. The van der Waals surface area contributed by atoms with E-state index < -0.39 is 5.97 Å². The summed E-state index contributed by atoms with van der Waals surface area (Å²) in [5.74, 6) is -0.216. The van der Waals surface area contributed by atoms with E-state index in [1.54, 1.807) is 0 Å². The number of hydrogen-bond acceptors (Lipinski definition) is 4. The molecule has 0 bridgehead atoms. The summed E-state index contributed by atoms with van der Waals surface area (Å²) in [6.45, 7) is 0.767. The molecule has 3 rings (SSSR count). The van der Waals surface area contributed by atoms with Crippen molar-refractivity contribution in [2.45, 2.75) is 36.3 Å². The number of ether oxygens (including phenoxy) is 1. The maximum absolute atomic E-state index is 11.5. The van der Waals surface area contributed by atoms with Crippen LogP contribution in [-0.2, 0) is 4.74 Å². The van der Waals surface area contributed by atoms with E-state index in [0.717, 1.165) is 17.9 Å². The Balaban J connectivity index is 1.84. The minimum atomic E-state index is -0.876. The molecule has 20 heavy (non-hydrogen) atoms. The molecule has 2 unspecified atom stereocenters. The first-order chi connectivity index (χ1) is 9.70. The molecule has 5 heteroatoms. The number of carboxylic acids is 1. The van der Waals surface area contributed by atoms with Crippen molar-refractivity contribution in [2.75, 3.05) is 18.2 Å². The molecule has 108 valence electrons. The average Bonchev–Trinajstić information content (AvgIpc) is 3.18. The molecule has 1 saturated carbocycles. The molecule has 1 saturated heterocycles. The summed E-state index contributed by atoms with van der Waals surface area (Å²) in [6, 6.07) is 5.84. The Labute approximate surface area is 122 Å². The van der Waals surface area contributed by atoms with Crippen molar-refractivity contribution in [3.8, 4) is 0 Å². The average molecular weight is 293 g/mol. The van der Waals surface area contributed by atoms with E-state index in [2.05, 4.69) is 5.32 Å². The predicted molar refractivity (Wildman–Crippen MR) is 79.7 cm³/mol. The molecule has 4 nitrogen and oxygen atoms in total. The second kappa shape index (κ2) is 5.66. The standard InChI is InChI=1S/C15H19NO3S/c1-20-12-4-2-3-10(13(12)15(17)18)16-11-7-8-19-14(11)9-5-6-9/h2-4,9,11,14,16H,5-8H2,1H3,(H,17,18). The molecule has 0 spiro atoms. The van der Waals surface area contributed by atoms with Gasteiger partial charge in [0, 0.05) is 11.5 Å². The third-order valence-electron chi connectivity index (χ3n) is 4.02. The quantitative estimate of drug-likeness (QED) is 0.817. The Morgan fingerprint density at radius 2 is 2.20 bits per heavy atom. The van der Waals surface area contributed by atoms with Crippen molar-refractivity contribution >= 4 is 23.4 Å². The van der Waals surface area contributed by atoms with Gasteiger partial charge in [0.2, 0.25) is 0 Å². The van der Waals surface area contributed by atoms with Gasteiger partial charge in [0.25, 0.3) is 0 Å². The Kier molecular flexibility index (Phi) is 3.89. The van der Waals surface area contributed by atoms with E-state index in [-0.39, 0.29) is 12.1 Å². The van der Waals surface area contributed by atoms with Crippen molar-refractivity contribution in [1.29, 1.82) is 0 Å². The van der Waals surface area contributed by atoms with Gasteiger partial charge in [0.1, 0.15) is 0 Å². The summed E-state index contributed by atoms with van der Waals surface area (Å²) in [5, 5.41) is 12.9. The summed E-state index contributed by atoms with van der Waals surface area (Å²) in [6.07, 6.45) is 5.56. The molecule has 1 aliphatic heterocycles. The monoisotopic (exact) mass is 293 g/mol. The lowest BCUT2D eigenvalue weighted by Gasteiger charge is -2.22. The number of aromatic carboxylic acids is 1. The van der Waals surface area contributed by atoms with Crippen LogP contribution in [0.15, 0.2) is 23.1 Å². The normalized spacial score (nSPS) is 25.6. The highest BCUT2D eigenvalue weighted by Crippen LogP contribution is 2.40. The number of carboxylic acid groups (broad SMARTS) is 1. The zero-order chi connectivity index (χ0) is 14.1. The van der Waals surface area contributed by atoms with Crippen LogP contribution in [0.1, 0.15) is 29.6 Å². The van der Waals surface area contributed by atoms with Gasteiger partial charge in [-0.1, -0.05) is 6.07 Å². The molecule has 2 atom stereocenters. The Hall–Kier alpha value is -1.20. The number of benzene rings is 1. The second-order valence-corrected chi connectivity index (χ2v) is 6.25. The lowest BCUT2D eigenvalue weighted by Crippen LogP contribution is -2.31. The van der Waals surface area contributed by atoms with Crippen LogP contribution < -0.4 is 5.32 Å². The van der Waals surface area contributed by atoms with E-state index in [1.807, 2.05) is 24.5 Å². The minimum absolute atomic E-state index is 0.234. The minimum Gasteiger partial charge on any atom is -0.478 e. The first-order valence-electron chi connectivity index (χ1n) is 6.99. The largest absolute Gasteiger partial charge is 0.478 e. The summed E-state index contributed by atoms with van der Waals surface area (Å²) in [5.41, 5.74) is 1.09. The van der Waals surface area contributed by atoms with Crippen LogP contribution in [-0.4, -0.2) is 36.1 Å². The summed E-state index contributed by atoms with van der Waals surface area (Å²) in [4.78, 5) is 12.3. The molecule has 2 N–H and O–H groups in total. The van der Waals surface area contributed by atoms with Crippen LogP contribution in [0.2, 0.25) is 0 Å². The fraction of sp³-hybridized carbons (Fsp3) is 0.533. The molecule has 1 aromatic carbocycles. The molecule has 1 heterocycles. The first-order valence-corrected chi connectivity index (χ1v) is 8.21. The van der Waals surface area contributed by atoms with Crippen molar-refractivity contribution in [2.24, 2.45) is 5.92 Å². The van der Waals surface area contributed by atoms with Gasteiger partial charge in [-0.3, -0.25) is 0 Å². The van der Waals surface area contributed by atoms with Crippen LogP contribution >= 0.6 is 11.8 Å². The lowest BCUT2D eigenvalue weighted by atomic mass is 10.0. The number of rotatable bonds is 5. The highest BCUT2D eigenvalue weighted by molar-refractivity contribution is 7.98. The van der Waals surface area contributed by atoms with Crippen molar-refractivity contribution < 1.29 is 14.6 Å². The summed E-state index contributed by atoms with van der Waals surface area (Å²) >= 11 is 1.46. The van der Waals surface area contributed by atoms with Gasteiger partial charge in [0.05, 0.1) is 23.4 Å². The number of anilines is 1. The van der Waals surface area contributed by atoms with E-state index in [4.69, 9.17) is 4.74 Å². The van der Waals surface area contributed by atoms with Crippen LogP contribution in [0.3, 0.4) is 0 Å². The van der Waals surface area contributed by atoms with Gasteiger partial charge >= 0.3 is 5.97 Å². The molecule has 0 amide bonds. The van der Waals surface area contributed by atoms with Crippen LogP contribution in [0.4, 0.5) is 5.69 Å². The van der Waals surface area contributed by atoms with Crippen molar-refractivity contribution in [3.05, 3.63) is 23.8 Å². The topological polar surface area (TPSA) is 58.6 Å². The van der Waals surface area contributed by atoms with Gasteiger partial charge in [-0.25, -0.2) is 4.79 Å². The molecule has 0 radical (unpaired) electrons. The maximum Gasteiger partial charge on any atom is 0.338 e. The molecular weight excluding hydrogens is 274 g/mol. The van der Waals surface area contributed by atoms with Crippen molar-refractivity contribution in [1.82, 2.24) is 0 Å². The SMILES string of the molecule is CSc1cccc(NC2CCOC2C2CC2)c1C(=O)O.